The second-order valence-electron chi connectivity index (χ2n) is 5.93. The molecule has 0 aromatic carbocycles. The summed E-state index contributed by atoms with van der Waals surface area (Å²) >= 11 is 0. The van der Waals surface area contributed by atoms with E-state index in [4.69, 9.17) is 30.2 Å². The van der Waals surface area contributed by atoms with Crippen molar-refractivity contribution in [3.8, 4) is 6.07 Å². The Balaban J connectivity index is 0.000000463. The molecule has 24 heavy (non-hydrogen) atoms. The van der Waals surface area contributed by atoms with Crippen LogP contribution in [0.3, 0.4) is 0 Å². The lowest BCUT2D eigenvalue weighted by molar-refractivity contribution is -0.132. The smallest absolute Gasteiger partial charge is 0.257 e. The van der Waals surface area contributed by atoms with Gasteiger partial charge < -0.3 is 34.6 Å². The van der Waals surface area contributed by atoms with Crippen LogP contribution in [0.25, 0.3) is 0 Å². The van der Waals surface area contributed by atoms with Crippen molar-refractivity contribution in [1.29, 1.82) is 5.26 Å². The van der Waals surface area contributed by atoms with Gasteiger partial charge in [0.25, 0.3) is 8.53 Å². The van der Waals surface area contributed by atoms with Crippen LogP contribution in [0.4, 0.5) is 0 Å². The highest BCUT2D eigenvalue weighted by atomic mass is 31.2. The summed E-state index contributed by atoms with van der Waals surface area (Å²) < 4.78 is 11.6. The molecule has 0 radical (unpaired) electrons. The Hall–Kier alpha value is -0.400. The normalized spacial score (nSPS) is 29.3. The van der Waals surface area contributed by atoms with Gasteiger partial charge in [0.05, 0.1) is 12.7 Å². The first kappa shape index (κ1) is 23.6. The molecule has 0 spiro atoms. The number of nitrogens with zero attached hydrogens (tertiary/aromatic N) is 2. The Morgan fingerprint density at radius 1 is 1.12 bits per heavy atom. The molecule has 0 saturated carbocycles. The zero-order chi connectivity index (χ0) is 19.0. The number of aliphatic hydroxyl groups excluding tert-OH is 4. The van der Waals surface area contributed by atoms with E-state index in [2.05, 4.69) is 4.74 Å². The van der Waals surface area contributed by atoms with Gasteiger partial charge >= 0.3 is 0 Å². The van der Waals surface area contributed by atoms with Gasteiger partial charge in [0.1, 0.15) is 24.4 Å². The summed E-state index contributed by atoms with van der Waals surface area (Å²) in [6, 6.07) is 2.35. The molecule has 0 bridgehead atoms. The highest BCUT2D eigenvalue weighted by Gasteiger charge is 2.41. The molecule has 0 amide bonds. The Morgan fingerprint density at radius 3 is 1.88 bits per heavy atom. The molecule has 3 unspecified atom stereocenters. The third kappa shape index (κ3) is 7.23. The maximum Gasteiger partial charge on any atom is 0.257 e. The molecular formula is C14H29N2O7P. The SMILES string of the molecule is CC(C#N)OP(O)N(C(C)C)C(C)C.OC[C@H]1OC(O)[C@H](O)[C@@H]1O. The number of aliphatic hydroxyl groups is 4. The fourth-order valence-electron chi connectivity index (χ4n) is 2.09. The third-order valence-electron chi connectivity index (χ3n) is 3.21. The Labute approximate surface area is 144 Å². The summed E-state index contributed by atoms with van der Waals surface area (Å²) in [7, 11) is -1.66. The van der Waals surface area contributed by atoms with Crippen molar-refractivity contribution in [2.45, 2.75) is 77.4 Å². The van der Waals surface area contributed by atoms with Gasteiger partial charge in [-0.1, -0.05) is 0 Å². The van der Waals surface area contributed by atoms with E-state index in [1.807, 2.05) is 38.4 Å². The summed E-state index contributed by atoms with van der Waals surface area (Å²) in [6.07, 6.45) is -5.32. The zero-order valence-corrected chi connectivity index (χ0v) is 15.5. The molecule has 1 heterocycles. The van der Waals surface area contributed by atoms with Crippen LogP contribution in [-0.4, -0.2) is 79.4 Å². The van der Waals surface area contributed by atoms with E-state index in [1.54, 1.807) is 6.92 Å². The van der Waals surface area contributed by atoms with Crippen LogP contribution in [0, 0.1) is 11.3 Å². The van der Waals surface area contributed by atoms with Crippen molar-refractivity contribution in [2.24, 2.45) is 0 Å². The standard InChI is InChI=1S/C9H19N2O2P.C5H10O5/c1-7(2)11(8(3)4)14(12)13-9(5)6-10;6-1-2-3(7)4(8)5(9)10-2/h7-9,12H,1-5H3;2-9H,1H2/t;2-,3-,4-,5?/m.1/s1. The van der Waals surface area contributed by atoms with Crippen LogP contribution in [0.15, 0.2) is 0 Å². The first-order valence-electron chi connectivity index (χ1n) is 7.70. The van der Waals surface area contributed by atoms with Gasteiger partial charge in [-0.2, -0.15) is 5.26 Å². The molecule has 5 N–H and O–H groups in total. The lowest BCUT2D eigenvalue weighted by Crippen LogP contribution is -2.33. The summed E-state index contributed by atoms with van der Waals surface area (Å²) in [5.74, 6) is 0. The monoisotopic (exact) mass is 368 g/mol. The minimum atomic E-state index is -1.66. The van der Waals surface area contributed by atoms with Gasteiger partial charge in [-0.3, -0.25) is 0 Å². The molecule has 142 valence electrons. The van der Waals surface area contributed by atoms with Gasteiger partial charge in [-0.25, -0.2) is 4.67 Å². The van der Waals surface area contributed by atoms with Gasteiger partial charge in [0, 0.05) is 12.1 Å². The molecule has 1 aliphatic rings. The number of rotatable bonds is 6. The van der Waals surface area contributed by atoms with Crippen molar-refractivity contribution < 1.29 is 34.6 Å². The van der Waals surface area contributed by atoms with Crippen molar-refractivity contribution in [3.05, 3.63) is 0 Å². The molecule has 0 aliphatic carbocycles. The van der Waals surface area contributed by atoms with E-state index >= 15 is 0 Å². The van der Waals surface area contributed by atoms with E-state index < -0.39 is 45.8 Å². The molecule has 6 atom stereocenters. The second-order valence-corrected chi connectivity index (χ2v) is 7.10. The van der Waals surface area contributed by atoms with Crippen LogP contribution in [0.2, 0.25) is 0 Å². The molecule has 1 rings (SSSR count). The largest absolute Gasteiger partial charge is 0.394 e. The van der Waals surface area contributed by atoms with Gasteiger partial charge in [0.2, 0.25) is 0 Å². The zero-order valence-electron chi connectivity index (χ0n) is 14.6. The predicted octanol–water partition coefficient (Wildman–Crippen LogP) is -0.329. The number of hydrogen-bond acceptors (Lipinski definition) is 9. The van der Waals surface area contributed by atoms with Crippen molar-refractivity contribution in [3.63, 3.8) is 0 Å². The number of ether oxygens (including phenoxy) is 1. The average Bonchev–Trinajstić information content (AvgIpc) is 2.73. The Kier molecular flexibility index (Phi) is 11.1. The van der Waals surface area contributed by atoms with E-state index in [0.29, 0.717) is 0 Å². The van der Waals surface area contributed by atoms with Gasteiger partial charge in [-0.05, 0) is 34.6 Å². The predicted molar refractivity (Wildman–Crippen MR) is 87.4 cm³/mol. The molecule has 1 fully saturated rings. The highest BCUT2D eigenvalue weighted by Crippen LogP contribution is 2.41. The molecule has 0 aromatic heterocycles. The van der Waals surface area contributed by atoms with Crippen LogP contribution in [0.5, 0.6) is 0 Å². The summed E-state index contributed by atoms with van der Waals surface area (Å²) in [4.78, 5) is 9.77. The molecule has 1 saturated heterocycles. The minimum Gasteiger partial charge on any atom is -0.394 e. The van der Waals surface area contributed by atoms with Gasteiger partial charge in [0.15, 0.2) is 6.29 Å². The molecule has 0 aromatic rings. The quantitative estimate of drug-likeness (QED) is 0.398. The molecule has 9 nitrogen and oxygen atoms in total. The van der Waals surface area contributed by atoms with Crippen LogP contribution < -0.4 is 0 Å². The highest BCUT2D eigenvalue weighted by molar-refractivity contribution is 7.43. The summed E-state index contributed by atoms with van der Waals surface area (Å²) in [5, 5.41) is 43.5. The first-order chi connectivity index (χ1) is 11.1. The van der Waals surface area contributed by atoms with Crippen LogP contribution >= 0.6 is 8.53 Å². The maximum atomic E-state index is 9.77. The van der Waals surface area contributed by atoms with E-state index in [0.717, 1.165) is 0 Å². The summed E-state index contributed by atoms with van der Waals surface area (Å²) in [6.45, 7) is 9.19. The molecular weight excluding hydrogens is 339 g/mol. The van der Waals surface area contributed by atoms with Crippen molar-refractivity contribution in [1.82, 2.24) is 4.67 Å². The van der Waals surface area contributed by atoms with E-state index in [9.17, 15) is 4.89 Å². The van der Waals surface area contributed by atoms with Crippen molar-refractivity contribution in [2.75, 3.05) is 6.61 Å². The van der Waals surface area contributed by atoms with Crippen molar-refractivity contribution >= 4 is 8.53 Å². The second kappa shape index (κ2) is 11.3. The fourth-order valence-corrected chi connectivity index (χ4v) is 3.32. The lowest BCUT2D eigenvalue weighted by Gasteiger charge is -2.33. The third-order valence-corrected chi connectivity index (χ3v) is 5.03. The van der Waals surface area contributed by atoms with Gasteiger partial charge in [-0.15, -0.1) is 0 Å². The minimum absolute atomic E-state index is 0.206. The number of nitriles is 1. The summed E-state index contributed by atoms with van der Waals surface area (Å²) in [5.41, 5.74) is 0. The Bertz CT molecular complexity index is 386. The van der Waals surface area contributed by atoms with E-state index in [1.165, 1.54) is 0 Å². The lowest BCUT2D eigenvalue weighted by atomic mass is 10.1. The maximum absolute atomic E-state index is 9.77. The Morgan fingerprint density at radius 2 is 1.62 bits per heavy atom. The fraction of sp³-hybridized carbons (Fsp3) is 0.929. The average molecular weight is 368 g/mol. The van der Waals surface area contributed by atoms with Crippen LogP contribution in [0.1, 0.15) is 34.6 Å². The topological polar surface area (TPSA) is 147 Å². The van der Waals surface area contributed by atoms with Crippen LogP contribution in [-0.2, 0) is 9.26 Å². The number of hydrogen-bond donors (Lipinski definition) is 5. The first-order valence-corrected chi connectivity index (χ1v) is 8.87. The van der Waals surface area contributed by atoms with E-state index in [-0.39, 0.29) is 12.1 Å². The molecule has 1 aliphatic heterocycles. The molecule has 10 heteroatoms.